The van der Waals surface area contributed by atoms with Crippen LogP contribution in [0.2, 0.25) is 0 Å². The van der Waals surface area contributed by atoms with Gasteiger partial charge in [-0.2, -0.15) is 18.3 Å². The van der Waals surface area contributed by atoms with Crippen molar-refractivity contribution in [1.29, 1.82) is 0 Å². The number of halogens is 3. The lowest BCUT2D eigenvalue weighted by Gasteiger charge is -2.11. The van der Waals surface area contributed by atoms with Crippen molar-refractivity contribution in [3.05, 3.63) is 83.4 Å². The van der Waals surface area contributed by atoms with Crippen molar-refractivity contribution >= 4 is 40.0 Å². The number of aromatic amines is 1. The number of anilines is 3. The number of fused-ring (bicyclic) bond motifs is 1. The molecule has 0 radical (unpaired) electrons. The molecule has 0 saturated carbocycles. The monoisotopic (exact) mass is 468 g/mol. The number of nitrogens with one attached hydrogen (secondary N) is 4. The van der Waals surface area contributed by atoms with Gasteiger partial charge in [-0.15, -0.1) is 0 Å². The van der Waals surface area contributed by atoms with Crippen LogP contribution >= 0.6 is 0 Å². The van der Waals surface area contributed by atoms with E-state index in [0.717, 1.165) is 12.1 Å². The largest absolute Gasteiger partial charge is 0.416 e. The number of H-pyrrole nitrogens is 1. The Hall–Kier alpha value is -4.54. The zero-order valence-electron chi connectivity index (χ0n) is 17.5. The summed E-state index contributed by atoms with van der Waals surface area (Å²) in [6.45, 7) is 0.125. The van der Waals surface area contributed by atoms with Crippen LogP contribution in [0, 0.1) is 0 Å². The van der Waals surface area contributed by atoms with Gasteiger partial charge in [-0.05, 0) is 54.1 Å². The first kappa shape index (κ1) is 22.6. The zero-order valence-corrected chi connectivity index (χ0v) is 17.5. The maximum absolute atomic E-state index is 12.8. The molecular weight excluding hydrogens is 449 g/mol. The first-order valence-corrected chi connectivity index (χ1v) is 10.1. The minimum Gasteiger partial charge on any atom is -0.382 e. The molecule has 0 aliphatic rings. The third-order valence-corrected chi connectivity index (χ3v) is 4.97. The van der Waals surface area contributed by atoms with E-state index in [1.807, 2.05) is 0 Å². The van der Waals surface area contributed by atoms with Gasteiger partial charge in [0, 0.05) is 17.9 Å². The zero-order chi connectivity index (χ0) is 24.3. The Morgan fingerprint density at radius 1 is 0.941 bits per heavy atom. The summed E-state index contributed by atoms with van der Waals surface area (Å²) < 4.78 is 37.9. The molecule has 0 aliphatic carbocycles. The molecule has 0 fully saturated rings. The Morgan fingerprint density at radius 2 is 1.68 bits per heavy atom. The molecular formula is C23H19F3N6O2. The summed E-state index contributed by atoms with van der Waals surface area (Å²) in [7, 11) is 0. The lowest BCUT2D eigenvalue weighted by atomic mass is 10.1. The van der Waals surface area contributed by atoms with Crippen LogP contribution in [0.4, 0.5) is 35.2 Å². The number of benzene rings is 3. The number of alkyl halides is 3. The van der Waals surface area contributed by atoms with Gasteiger partial charge in [-0.3, -0.25) is 9.89 Å². The maximum atomic E-state index is 12.8. The minimum absolute atomic E-state index is 0.125. The Bertz CT molecular complexity index is 1350. The van der Waals surface area contributed by atoms with Gasteiger partial charge in [0.2, 0.25) is 0 Å². The summed E-state index contributed by atoms with van der Waals surface area (Å²) in [5, 5.41) is 15.1. The van der Waals surface area contributed by atoms with E-state index in [-0.39, 0.29) is 24.0 Å². The summed E-state index contributed by atoms with van der Waals surface area (Å²) in [5.74, 6) is -0.151. The minimum atomic E-state index is -4.45. The highest BCUT2D eigenvalue weighted by molar-refractivity contribution is 6.14. The molecule has 174 valence electrons. The molecule has 8 nitrogen and oxygen atoms in total. The number of nitrogens with two attached hydrogens (primary N) is 1. The highest BCUT2D eigenvalue weighted by atomic mass is 19.4. The van der Waals surface area contributed by atoms with E-state index in [4.69, 9.17) is 5.73 Å². The Balaban J connectivity index is 1.36. The van der Waals surface area contributed by atoms with Gasteiger partial charge >= 0.3 is 12.2 Å². The van der Waals surface area contributed by atoms with E-state index in [1.54, 1.807) is 42.5 Å². The number of nitrogen functional groups attached to an aromatic ring is 1. The average Bonchev–Trinajstić information content (AvgIpc) is 3.19. The molecule has 0 aliphatic heterocycles. The van der Waals surface area contributed by atoms with E-state index >= 15 is 0 Å². The lowest BCUT2D eigenvalue weighted by Crippen LogP contribution is -2.28. The second-order valence-corrected chi connectivity index (χ2v) is 7.37. The summed E-state index contributed by atoms with van der Waals surface area (Å²) in [4.78, 5) is 24.9. The third kappa shape index (κ3) is 5.09. The van der Waals surface area contributed by atoms with Gasteiger partial charge in [-0.25, -0.2) is 4.79 Å². The molecule has 4 rings (SSSR count). The van der Waals surface area contributed by atoms with Crippen LogP contribution in [-0.2, 0) is 12.7 Å². The number of hydrogen-bond donors (Lipinski definition) is 5. The number of carbonyl (C=O) groups is 2. The van der Waals surface area contributed by atoms with Crippen molar-refractivity contribution in [3.8, 4) is 0 Å². The number of amides is 3. The first-order valence-electron chi connectivity index (χ1n) is 10.1. The van der Waals surface area contributed by atoms with Gasteiger partial charge in [0.15, 0.2) is 5.82 Å². The number of carbonyl (C=O) groups excluding carboxylic acids is 2. The van der Waals surface area contributed by atoms with E-state index < -0.39 is 17.8 Å². The summed E-state index contributed by atoms with van der Waals surface area (Å²) in [5.41, 5.74) is 7.49. The van der Waals surface area contributed by atoms with Gasteiger partial charge in [0.05, 0.1) is 22.0 Å². The van der Waals surface area contributed by atoms with Crippen LogP contribution in [0.3, 0.4) is 0 Å². The van der Waals surface area contributed by atoms with Gasteiger partial charge < -0.3 is 21.7 Å². The van der Waals surface area contributed by atoms with Crippen LogP contribution < -0.4 is 21.7 Å². The Morgan fingerprint density at radius 3 is 2.41 bits per heavy atom. The van der Waals surface area contributed by atoms with Crippen LogP contribution in [-0.4, -0.2) is 22.1 Å². The SMILES string of the molecule is Nc1n[nH]c2cccc(C(=O)Nc3cccc(CNC(=O)Nc4ccc(C(F)(F)F)cc4)c3)c12. The predicted octanol–water partition coefficient (Wildman–Crippen LogP) is 4.74. The summed E-state index contributed by atoms with van der Waals surface area (Å²) in [6.07, 6.45) is -4.45. The molecule has 6 N–H and O–H groups in total. The Kier molecular flexibility index (Phi) is 6.09. The smallest absolute Gasteiger partial charge is 0.382 e. The van der Waals surface area contributed by atoms with E-state index in [0.29, 0.717) is 27.7 Å². The third-order valence-electron chi connectivity index (χ3n) is 4.97. The molecule has 1 heterocycles. The summed E-state index contributed by atoms with van der Waals surface area (Å²) >= 11 is 0. The van der Waals surface area contributed by atoms with Crippen LogP contribution in [0.15, 0.2) is 66.7 Å². The normalized spacial score (nSPS) is 11.3. The molecule has 1 aromatic heterocycles. The second kappa shape index (κ2) is 9.14. The predicted molar refractivity (Wildman–Crippen MR) is 122 cm³/mol. The van der Waals surface area contributed by atoms with Crippen molar-refractivity contribution in [2.45, 2.75) is 12.7 Å². The fourth-order valence-electron chi connectivity index (χ4n) is 3.34. The molecule has 0 atom stereocenters. The quantitative estimate of drug-likeness (QED) is 0.290. The highest BCUT2D eigenvalue weighted by Gasteiger charge is 2.30. The molecule has 3 aromatic carbocycles. The van der Waals surface area contributed by atoms with Crippen LogP contribution in [0.5, 0.6) is 0 Å². The average molecular weight is 468 g/mol. The highest BCUT2D eigenvalue weighted by Crippen LogP contribution is 2.29. The fraction of sp³-hybridized carbons (Fsp3) is 0.0870. The van der Waals surface area contributed by atoms with Crippen LogP contribution in [0.25, 0.3) is 10.9 Å². The number of aromatic nitrogens is 2. The van der Waals surface area contributed by atoms with Gasteiger partial charge in [0.1, 0.15) is 0 Å². The molecule has 4 aromatic rings. The maximum Gasteiger partial charge on any atom is 0.416 e. The van der Waals surface area contributed by atoms with Crippen LogP contribution in [0.1, 0.15) is 21.5 Å². The molecule has 3 amide bonds. The van der Waals surface area contributed by atoms with Crippen molar-refractivity contribution < 1.29 is 22.8 Å². The number of hydrogen-bond acceptors (Lipinski definition) is 4. The van der Waals surface area contributed by atoms with Gasteiger partial charge in [0.25, 0.3) is 5.91 Å². The number of nitrogens with zero attached hydrogens (tertiary/aromatic N) is 1. The molecule has 34 heavy (non-hydrogen) atoms. The standard InChI is InChI=1S/C23H19F3N6O2/c24-23(25,26)14-7-9-15(10-8-14)30-22(34)28-12-13-3-1-4-16(11-13)29-21(33)17-5-2-6-18-19(17)20(27)32-31-18/h1-11H,12H2,(H,29,33)(H3,27,31,32)(H2,28,30,34). The van der Waals surface area contributed by atoms with Crippen molar-refractivity contribution in [2.24, 2.45) is 0 Å². The molecule has 0 spiro atoms. The number of urea groups is 1. The fourth-order valence-corrected chi connectivity index (χ4v) is 3.34. The molecule has 0 unspecified atom stereocenters. The lowest BCUT2D eigenvalue weighted by molar-refractivity contribution is -0.137. The van der Waals surface area contributed by atoms with E-state index in [9.17, 15) is 22.8 Å². The van der Waals surface area contributed by atoms with E-state index in [1.165, 1.54) is 12.1 Å². The molecule has 11 heteroatoms. The van der Waals surface area contributed by atoms with Crippen molar-refractivity contribution in [2.75, 3.05) is 16.4 Å². The van der Waals surface area contributed by atoms with Crippen molar-refractivity contribution in [1.82, 2.24) is 15.5 Å². The van der Waals surface area contributed by atoms with E-state index in [2.05, 4.69) is 26.1 Å². The second-order valence-electron chi connectivity index (χ2n) is 7.37. The molecule has 0 bridgehead atoms. The Labute approximate surface area is 191 Å². The van der Waals surface area contributed by atoms with Gasteiger partial charge in [-0.1, -0.05) is 18.2 Å². The van der Waals surface area contributed by atoms with Crippen molar-refractivity contribution in [3.63, 3.8) is 0 Å². The summed E-state index contributed by atoms with van der Waals surface area (Å²) in [6, 6.07) is 15.5. The molecule has 0 saturated heterocycles. The first-order chi connectivity index (χ1) is 16.2. The number of rotatable bonds is 5. The topological polar surface area (TPSA) is 125 Å².